The fourth-order valence-electron chi connectivity index (χ4n) is 2.05. The van der Waals surface area contributed by atoms with E-state index in [1.165, 1.54) is 0 Å². The third-order valence-corrected chi connectivity index (χ3v) is 3.95. The van der Waals surface area contributed by atoms with Crippen LogP contribution in [0, 0.1) is 0 Å². The molecule has 6 N–H and O–H groups in total. The third-order valence-electron chi connectivity index (χ3n) is 3.17. The Bertz CT molecular complexity index is 514. The molecule has 1 aromatic carbocycles. The number of carbonyl (C=O) groups is 1. The van der Waals surface area contributed by atoms with Crippen molar-refractivity contribution in [3.63, 3.8) is 0 Å². The number of hydrogen-bond acceptors (Lipinski definition) is 4. The maximum absolute atomic E-state index is 11.2. The molecule has 124 valence electrons. The number of benzene rings is 1. The highest BCUT2D eigenvalue weighted by Gasteiger charge is 2.18. The number of aliphatic carboxylic acids is 1. The number of nitrogens with two attached hydrogens (primary N) is 1. The van der Waals surface area contributed by atoms with Crippen LogP contribution >= 0.6 is 7.60 Å². The second-order valence-electron chi connectivity index (χ2n) is 5.18. The van der Waals surface area contributed by atoms with Crippen LogP contribution in [0.3, 0.4) is 0 Å². The van der Waals surface area contributed by atoms with Crippen LogP contribution in [0.4, 0.5) is 0 Å². The highest BCUT2D eigenvalue weighted by atomic mass is 31.2. The van der Waals surface area contributed by atoms with E-state index in [0.29, 0.717) is 25.1 Å². The van der Waals surface area contributed by atoms with Gasteiger partial charge in [0.05, 0.1) is 6.16 Å². The van der Waals surface area contributed by atoms with Crippen molar-refractivity contribution in [2.24, 2.45) is 5.73 Å². The largest absolute Gasteiger partial charge is 0.480 e. The van der Waals surface area contributed by atoms with Crippen LogP contribution in [0.15, 0.2) is 24.3 Å². The molecule has 0 fully saturated rings. The lowest BCUT2D eigenvalue weighted by Crippen LogP contribution is -2.39. The Morgan fingerprint density at radius 3 is 2.27 bits per heavy atom. The van der Waals surface area contributed by atoms with Gasteiger partial charge in [-0.3, -0.25) is 9.36 Å². The fraction of sp³-hybridized carbons (Fsp3) is 0.500. The summed E-state index contributed by atoms with van der Waals surface area (Å²) in [7, 11) is -4.08. The second-order valence-corrected chi connectivity index (χ2v) is 6.83. The van der Waals surface area contributed by atoms with Gasteiger partial charge in [0.1, 0.15) is 6.04 Å². The average molecular weight is 330 g/mol. The maximum atomic E-state index is 11.2. The molecule has 0 aliphatic heterocycles. The molecule has 0 saturated heterocycles. The Labute approximate surface area is 129 Å². The molecule has 0 bridgehead atoms. The molecular weight excluding hydrogens is 307 g/mol. The summed E-state index contributed by atoms with van der Waals surface area (Å²) in [6.45, 7) is 1.17. The Morgan fingerprint density at radius 1 is 1.18 bits per heavy atom. The van der Waals surface area contributed by atoms with Crippen LogP contribution < -0.4 is 11.1 Å². The van der Waals surface area contributed by atoms with Crippen LogP contribution in [0.1, 0.15) is 24.0 Å². The standard InChI is InChI=1S/C14H23N2O5P/c15-7-1-2-8-16-13(14(17)18)9-11-3-5-12(6-4-11)10-22(19,20)21/h3-6,13,16H,1-2,7-10,15H2,(H,17,18)(H2,19,20,21). The van der Waals surface area contributed by atoms with Gasteiger partial charge in [-0.05, 0) is 43.5 Å². The molecule has 0 aliphatic carbocycles. The SMILES string of the molecule is NCCCCNC(Cc1ccc(CP(=O)(O)O)cc1)C(=O)O. The zero-order valence-electron chi connectivity index (χ0n) is 12.3. The van der Waals surface area contributed by atoms with E-state index in [4.69, 9.17) is 15.5 Å². The summed E-state index contributed by atoms with van der Waals surface area (Å²) in [5.74, 6) is -0.924. The number of carboxylic acids is 1. The predicted molar refractivity (Wildman–Crippen MR) is 83.6 cm³/mol. The summed E-state index contributed by atoms with van der Waals surface area (Å²) in [4.78, 5) is 29.1. The lowest BCUT2D eigenvalue weighted by molar-refractivity contribution is -0.139. The van der Waals surface area contributed by atoms with Gasteiger partial charge in [-0.25, -0.2) is 0 Å². The zero-order chi connectivity index (χ0) is 16.6. The van der Waals surface area contributed by atoms with Crippen molar-refractivity contribution >= 4 is 13.6 Å². The van der Waals surface area contributed by atoms with Crippen molar-refractivity contribution in [2.75, 3.05) is 13.1 Å². The molecule has 1 aromatic rings. The highest BCUT2D eigenvalue weighted by Crippen LogP contribution is 2.38. The van der Waals surface area contributed by atoms with E-state index in [0.717, 1.165) is 18.4 Å². The molecule has 0 amide bonds. The first-order valence-corrected chi connectivity index (χ1v) is 8.90. The Balaban J connectivity index is 2.58. The molecule has 0 aromatic heterocycles. The number of unbranched alkanes of at least 4 members (excludes halogenated alkanes) is 1. The number of nitrogens with one attached hydrogen (secondary N) is 1. The Morgan fingerprint density at radius 2 is 1.77 bits per heavy atom. The van der Waals surface area contributed by atoms with Gasteiger partial charge < -0.3 is 25.9 Å². The number of carboxylic acid groups (broad SMARTS) is 1. The van der Waals surface area contributed by atoms with Crippen LogP contribution in [-0.2, 0) is 21.9 Å². The minimum atomic E-state index is -4.08. The molecule has 7 nitrogen and oxygen atoms in total. The van der Waals surface area contributed by atoms with Gasteiger partial charge in [0.2, 0.25) is 0 Å². The van der Waals surface area contributed by atoms with Gasteiger partial charge in [0.25, 0.3) is 0 Å². The number of hydrogen-bond donors (Lipinski definition) is 5. The summed E-state index contributed by atoms with van der Waals surface area (Å²) in [6, 6.07) is 5.93. The molecule has 0 aliphatic rings. The minimum Gasteiger partial charge on any atom is -0.480 e. The Kier molecular flexibility index (Phi) is 7.72. The van der Waals surface area contributed by atoms with E-state index in [1.54, 1.807) is 24.3 Å². The summed E-state index contributed by atoms with van der Waals surface area (Å²) in [6.07, 6.45) is 1.67. The molecule has 0 radical (unpaired) electrons. The predicted octanol–water partition coefficient (Wildman–Crippen LogP) is 0.688. The van der Waals surface area contributed by atoms with E-state index in [-0.39, 0.29) is 6.16 Å². The summed E-state index contributed by atoms with van der Waals surface area (Å²) in [5, 5.41) is 12.2. The van der Waals surface area contributed by atoms with Crippen molar-refractivity contribution < 1.29 is 24.3 Å². The van der Waals surface area contributed by atoms with Crippen LogP contribution in [-0.4, -0.2) is 40.0 Å². The molecule has 1 unspecified atom stereocenters. The smallest absolute Gasteiger partial charge is 0.329 e. The lowest BCUT2D eigenvalue weighted by Gasteiger charge is -2.15. The summed E-state index contributed by atoms with van der Waals surface area (Å²) < 4.78 is 10.9. The molecule has 1 rings (SSSR count). The van der Waals surface area contributed by atoms with Gasteiger partial charge in [-0.1, -0.05) is 24.3 Å². The van der Waals surface area contributed by atoms with Crippen LogP contribution in [0.5, 0.6) is 0 Å². The molecular formula is C14H23N2O5P. The van der Waals surface area contributed by atoms with Crippen molar-refractivity contribution in [3.8, 4) is 0 Å². The second kappa shape index (κ2) is 9.02. The first kappa shape index (κ1) is 18.8. The van der Waals surface area contributed by atoms with Crippen LogP contribution in [0.25, 0.3) is 0 Å². The Hall–Kier alpha value is -1.24. The first-order chi connectivity index (χ1) is 10.3. The van der Waals surface area contributed by atoms with E-state index in [1.807, 2.05) is 0 Å². The van der Waals surface area contributed by atoms with Crippen molar-refractivity contribution in [1.29, 1.82) is 0 Å². The van der Waals surface area contributed by atoms with Gasteiger partial charge >= 0.3 is 13.6 Å². The van der Waals surface area contributed by atoms with Gasteiger partial charge in [-0.2, -0.15) is 0 Å². The van der Waals surface area contributed by atoms with Crippen LogP contribution in [0.2, 0.25) is 0 Å². The minimum absolute atomic E-state index is 0.313. The molecule has 8 heteroatoms. The van der Waals surface area contributed by atoms with E-state index in [2.05, 4.69) is 5.32 Å². The zero-order valence-corrected chi connectivity index (χ0v) is 13.2. The van der Waals surface area contributed by atoms with Crippen molar-refractivity contribution in [2.45, 2.75) is 31.5 Å². The molecule has 0 saturated carbocycles. The average Bonchev–Trinajstić information content (AvgIpc) is 2.42. The van der Waals surface area contributed by atoms with Gasteiger partial charge in [0, 0.05) is 0 Å². The molecule has 0 heterocycles. The van der Waals surface area contributed by atoms with Gasteiger partial charge in [-0.15, -0.1) is 0 Å². The summed E-state index contributed by atoms with van der Waals surface area (Å²) in [5.41, 5.74) is 6.71. The monoisotopic (exact) mass is 330 g/mol. The normalized spacial score (nSPS) is 13.0. The quantitative estimate of drug-likeness (QED) is 0.315. The van der Waals surface area contributed by atoms with E-state index < -0.39 is 19.6 Å². The molecule has 0 spiro atoms. The van der Waals surface area contributed by atoms with E-state index in [9.17, 15) is 14.5 Å². The fourth-order valence-corrected chi connectivity index (χ4v) is 2.73. The van der Waals surface area contributed by atoms with Crippen molar-refractivity contribution in [1.82, 2.24) is 5.32 Å². The topological polar surface area (TPSA) is 133 Å². The van der Waals surface area contributed by atoms with Crippen molar-refractivity contribution in [3.05, 3.63) is 35.4 Å². The first-order valence-electron chi connectivity index (χ1n) is 7.10. The van der Waals surface area contributed by atoms with E-state index >= 15 is 0 Å². The molecule has 1 atom stereocenters. The highest BCUT2D eigenvalue weighted by molar-refractivity contribution is 7.50. The lowest BCUT2D eigenvalue weighted by atomic mass is 10.0. The maximum Gasteiger partial charge on any atom is 0.329 e. The van der Waals surface area contributed by atoms with Gasteiger partial charge in [0.15, 0.2) is 0 Å². The molecule has 22 heavy (non-hydrogen) atoms. The number of rotatable bonds is 10. The summed E-state index contributed by atoms with van der Waals surface area (Å²) >= 11 is 0. The third kappa shape index (κ3) is 7.68.